The maximum absolute atomic E-state index is 2.34. The van der Waals surface area contributed by atoms with E-state index in [9.17, 15) is 0 Å². The summed E-state index contributed by atoms with van der Waals surface area (Å²) in [5.41, 5.74) is 3.11. The van der Waals surface area contributed by atoms with Crippen molar-refractivity contribution < 1.29 is 10.0 Å². The largest absolute Gasteiger partial charge is 0.870 e. The minimum Gasteiger partial charge on any atom is -0.870 e. The highest BCUT2D eigenvalue weighted by Crippen LogP contribution is 2.18. The van der Waals surface area contributed by atoms with Crippen LogP contribution in [0.4, 0.5) is 0 Å². The van der Waals surface area contributed by atoms with Crippen LogP contribution in [0, 0.1) is 6.92 Å². The highest BCUT2D eigenvalue weighted by molar-refractivity contribution is 5.13. The number of nitrogens with zero attached hydrogens (tertiary/aromatic N) is 2. The fraction of sp³-hybridized carbons (Fsp3) is 0.700. The van der Waals surface area contributed by atoms with Crippen LogP contribution in [0.25, 0.3) is 0 Å². The van der Waals surface area contributed by atoms with Crippen molar-refractivity contribution in [3.05, 3.63) is 17.2 Å². The summed E-state index contributed by atoms with van der Waals surface area (Å²) in [6, 6.07) is 0. The van der Waals surface area contributed by atoms with E-state index in [4.69, 9.17) is 0 Å². The molecular weight excluding hydrogens is 164 g/mol. The lowest BCUT2D eigenvalue weighted by Gasteiger charge is -2.07. The molecule has 0 saturated carbocycles. The van der Waals surface area contributed by atoms with Gasteiger partial charge in [-0.2, -0.15) is 0 Å². The van der Waals surface area contributed by atoms with Gasteiger partial charge in [0.1, 0.15) is 11.4 Å². The van der Waals surface area contributed by atoms with Gasteiger partial charge in [-0.25, -0.2) is 9.13 Å². The van der Waals surface area contributed by atoms with Crippen LogP contribution < -0.4 is 4.57 Å². The van der Waals surface area contributed by atoms with Gasteiger partial charge in [0.05, 0.1) is 14.1 Å². The van der Waals surface area contributed by atoms with Crippen LogP contribution in [0.3, 0.4) is 0 Å². The van der Waals surface area contributed by atoms with Crippen LogP contribution in [0.1, 0.15) is 30.1 Å². The Hall–Kier alpha value is -0.830. The van der Waals surface area contributed by atoms with Gasteiger partial charge in [0.15, 0.2) is 0 Å². The average molecular weight is 182 g/mol. The second-order valence-corrected chi connectivity index (χ2v) is 3.77. The average Bonchev–Trinajstić information content (AvgIpc) is 2.33. The van der Waals surface area contributed by atoms with E-state index in [-0.39, 0.29) is 5.48 Å². The molecule has 0 spiro atoms. The van der Waals surface area contributed by atoms with Crippen molar-refractivity contribution in [2.75, 3.05) is 0 Å². The van der Waals surface area contributed by atoms with E-state index >= 15 is 0 Å². The summed E-state index contributed by atoms with van der Waals surface area (Å²) in [4.78, 5) is 0. The summed E-state index contributed by atoms with van der Waals surface area (Å²) in [6.45, 7) is 2.19. The number of imidazole rings is 1. The first-order chi connectivity index (χ1) is 5.72. The molecule has 1 aromatic rings. The van der Waals surface area contributed by atoms with Crippen LogP contribution in [0.15, 0.2) is 0 Å². The van der Waals surface area contributed by atoms with Crippen molar-refractivity contribution >= 4 is 0 Å². The molecule has 3 nitrogen and oxygen atoms in total. The SMILES string of the molecule is Cc1n(C)c2c([n+]1C)CCCC2.[OH-]. The molecule has 1 aromatic heterocycles. The first-order valence-electron chi connectivity index (χ1n) is 4.75. The van der Waals surface area contributed by atoms with Gasteiger partial charge in [-0.1, -0.05) is 0 Å². The van der Waals surface area contributed by atoms with Crippen molar-refractivity contribution in [2.45, 2.75) is 32.6 Å². The molecule has 0 unspecified atom stereocenters. The van der Waals surface area contributed by atoms with E-state index in [1.165, 1.54) is 31.5 Å². The molecule has 1 N–H and O–H groups in total. The lowest BCUT2D eigenvalue weighted by Crippen LogP contribution is -2.35. The lowest BCUT2D eigenvalue weighted by molar-refractivity contribution is -0.684. The van der Waals surface area contributed by atoms with Crippen molar-refractivity contribution in [1.82, 2.24) is 4.57 Å². The van der Waals surface area contributed by atoms with Crippen molar-refractivity contribution in [1.29, 1.82) is 0 Å². The Morgan fingerprint density at radius 3 is 2.46 bits per heavy atom. The Bertz CT molecular complexity index is 286. The third-order valence-electron chi connectivity index (χ3n) is 3.19. The summed E-state index contributed by atoms with van der Waals surface area (Å²) in [5, 5.41) is 0. The van der Waals surface area contributed by atoms with Crippen molar-refractivity contribution in [3.63, 3.8) is 0 Å². The molecule has 0 radical (unpaired) electrons. The fourth-order valence-corrected chi connectivity index (χ4v) is 2.21. The van der Waals surface area contributed by atoms with Gasteiger partial charge in [-0.05, 0) is 12.8 Å². The summed E-state index contributed by atoms with van der Waals surface area (Å²) >= 11 is 0. The van der Waals surface area contributed by atoms with E-state index in [2.05, 4.69) is 30.2 Å². The van der Waals surface area contributed by atoms with Crippen LogP contribution in [-0.2, 0) is 26.9 Å². The van der Waals surface area contributed by atoms with E-state index in [1.807, 2.05) is 0 Å². The molecule has 0 fully saturated rings. The Labute approximate surface area is 79.3 Å². The number of hydrogen-bond donors (Lipinski definition) is 0. The third-order valence-corrected chi connectivity index (χ3v) is 3.19. The monoisotopic (exact) mass is 182 g/mol. The highest BCUT2D eigenvalue weighted by Gasteiger charge is 2.25. The van der Waals surface area contributed by atoms with E-state index < -0.39 is 0 Å². The summed E-state index contributed by atoms with van der Waals surface area (Å²) in [6.07, 6.45) is 5.27. The van der Waals surface area contributed by atoms with Gasteiger partial charge in [-0.3, -0.25) is 0 Å². The van der Waals surface area contributed by atoms with Gasteiger partial charge < -0.3 is 5.48 Å². The molecule has 0 aromatic carbocycles. The minimum atomic E-state index is 0. The Morgan fingerprint density at radius 1 is 1.23 bits per heavy atom. The van der Waals surface area contributed by atoms with Crippen molar-refractivity contribution in [2.24, 2.45) is 14.1 Å². The molecule has 1 aliphatic carbocycles. The van der Waals surface area contributed by atoms with Crippen LogP contribution >= 0.6 is 0 Å². The predicted molar refractivity (Wildman–Crippen MR) is 49.9 cm³/mol. The molecular formula is C10H18N2O. The predicted octanol–water partition coefficient (Wildman–Crippen LogP) is 0.860. The van der Waals surface area contributed by atoms with E-state index in [0.717, 1.165) is 0 Å². The van der Waals surface area contributed by atoms with Gasteiger partial charge in [0.2, 0.25) is 0 Å². The maximum Gasteiger partial charge on any atom is 0.253 e. The molecule has 1 heterocycles. The highest BCUT2D eigenvalue weighted by atomic mass is 16.0. The molecule has 0 amide bonds. The summed E-state index contributed by atoms with van der Waals surface area (Å²) in [7, 11) is 4.36. The Morgan fingerprint density at radius 2 is 1.85 bits per heavy atom. The molecule has 0 aliphatic heterocycles. The standard InChI is InChI=1S/C10H17N2.H2O/c1-8-11(2)9-6-4-5-7-10(9)12(8)3;/h4-7H2,1-3H3;1H2/q+1;/p-1. The van der Waals surface area contributed by atoms with Crippen LogP contribution in [0.5, 0.6) is 0 Å². The van der Waals surface area contributed by atoms with Gasteiger partial charge in [0.25, 0.3) is 5.82 Å². The van der Waals surface area contributed by atoms with Crippen LogP contribution in [0.2, 0.25) is 0 Å². The lowest BCUT2D eigenvalue weighted by atomic mass is 10.0. The topological polar surface area (TPSA) is 38.8 Å². The quantitative estimate of drug-likeness (QED) is 0.548. The Balaban J connectivity index is 0.000000845. The summed E-state index contributed by atoms with van der Waals surface area (Å²) < 4.78 is 4.68. The molecule has 1 aliphatic rings. The molecule has 3 heteroatoms. The maximum atomic E-state index is 2.34. The molecule has 74 valence electrons. The normalized spacial score (nSPS) is 15.0. The van der Waals surface area contributed by atoms with Gasteiger partial charge >= 0.3 is 0 Å². The van der Waals surface area contributed by atoms with Gasteiger partial charge in [-0.15, -0.1) is 0 Å². The van der Waals surface area contributed by atoms with E-state index in [1.54, 1.807) is 11.4 Å². The molecule has 2 rings (SSSR count). The zero-order valence-corrected chi connectivity index (χ0v) is 8.67. The minimum absolute atomic E-state index is 0. The number of hydrogen-bond acceptors (Lipinski definition) is 1. The number of rotatable bonds is 0. The zero-order chi connectivity index (χ0) is 8.72. The van der Waals surface area contributed by atoms with Gasteiger partial charge in [0, 0.05) is 19.8 Å². The number of fused-ring (bicyclic) bond motifs is 1. The smallest absolute Gasteiger partial charge is 0.253 e. The van der Waals surface area contributed by atoms with E-state index in [0.29, 0.717) is 0 Å². The second-order valence-electron chi connectivity index (χ2n) is 3.77. The fourth-order valence-electron chi connectivity index (χ4n) is 2.21. The first kappa shape index (κ1) is 10.3. The number of aromatic nitrogens is 2. The summed E-state index contributed by atoms with van der Waals surface area (Å²) in [5.74, 6) is 1.38. The van der Waals surface area contributed by atoms with Crippen molar-refractivity contribution in [3.8, 4) is 0 Å². The Kier molecular flexibility index (Phi) is 2.76. The second kappa shape index (κ2) is 3.50. The molecule has 0 saturated heterocycles. The molecule has 0 atom stereocenters. The first-order valence-corrected chi connectivity index (χ1v) is 4.75. The molecule has 0 bridgehead atoms. The van der Waals surface area contributed by atoms with Crippen LogP contribution in [-0.4, -0.2) is 10.0 Å². The zero-order valence-electron chi connectivity index (χ0n) is 8.67. The molecule has 13 heavy (non-hydrogen) atoms. The third kappa shape index (κ3) is 1.37.